The van der Waals surface area contributed by atoms with E-state index in [1.54, 1.807) is 36.4 Å². The molecule has 152 valence electrons. The predicted molar refractivity (Wildman–Crippen MR) is 110 cm³/mol. The SMILES string of the molecule is COC(=O)c1cc2cc(-c3ccccc3F)cnc2n1S(=O)(=O)c1ccc(C)cc1. The highest BCUT2D eigenvalue weighted by molar-refractivity contribution is 7.90. The van der Waals surface area contributed by atoms with Crippen LogP contribution in [0, 0.1) is 12.7 Å². The second kappa shape index (κ2) is 7.38. The van der Waals surface area contributed by atoms with Crippen LogP contribution >= 0.6 is 0 Å². The summed E-state index contributed by atoms with van der Waals surface area (Å²) < 4.78 is 46.5. The first-order chi connectivity index (χ1) is 14.3. The lowest BCUT2D eigenvalue weighted by molar-refractivity contribution is 0.0593. The van der Waals surface area contributed by atoms with Crippen molar-refractivity contribution in [3.8, 4) is 11.1 Å². The van der Waals surface area contributed by atoms with Gasteiger partial charge in [0.25, 0.3) is 10.0 Å². The Bertz CT molecular complexity index is 1380. The smallest absolute Gasteiger partial charge is 0.355 e. The molecule has 0 spiro atoms. The molecule has 4 rings (SSSR count). The summed E-state index contributed by atoms with van der Waals surface area (Å²) in [5, 5.41) is 0.367. The molecule has 0 bridgehead atoms. The second-order valence-electron chi connectivity index (χ2n) is 6.72. The molecule has 0 fully saturated rings. The van der Waals surface area contributed by atoms with Gasteiger partial charge in [-0.15, -0.1) is 0 Å². The molecule has 0 aliphatic heterocycles. The number of aromatic nitrogens is 2. The fraction of sp³-hybridized carbons (Fsp3) is 0.0909. The van der Waals surface area contributed by atoms with Crippen molar-refractivity contribution in [1.82, 2.24) is 8.96 Å². The van der Waals surface area contributed by atoms with Gasteiger partial charge in [-0.3, -0.25) is 0 Å². The zero-order valence-electron chi connectivity index (χ0n) is 16.2. The van der Waals surface area contributed by atoms with Crippen LogP contribution in [0.3, 0.4) is 0 Å². The molecule has 0 saturated heterocycles. The number of nitrogens with zero attached hydrogens (tertiary/aromatic N) is 2. The third-order valence-electron chi connectivity index (χ3n) is 4.74. The lowest BCUT2D eigenvalue weighted by atomic mass is 10.1. The molecular weight excluding hydrogens is 407 g/mol. The van der Waals surface area contributed by atoms with Gasteiger partial charge in [0.15, 0.2) is 5.65 Å². The van der Waals surface area contributed by atoms with Crippen molar-refractivity contribution in [3.05, 3.63) is 83.9 Å². The molecule has 0 N–H and O–H groups in total. The van der Waals surface area contributed by atoms with Gasteiger partial charge in [-0.2, -0.15) is 0 Å². The van der Waals surface area contributed by atoms with Crippen LogP contribution < -0.4 is 0 Å². The maximum absolute atomic E-state index is 14.2. The van der Waals surface area contributed by atoms with E-state index in [1.807, 2.05) is 6.92 Å². The molecule has 2 aromatic carbocycles. The van der Waals surface area contributed by atoms with Crippen molar-refractivity contribution < 1.29 is 22.3 Å². The quantitative estimate of drug-likeness (QED) is 0.460. The molecule has 0 saturated carbocycles. The minimum absolute atomic E-state index is 0.00994. The Morgan fingerprint density at radius 1 is 1.07 bits per heavy atom. The summed E-state index contributed by atoms with van der Waals surface area (Å²) in [4.78, 5) is 16.6. The molecule has 4 aromatic rings. The number of hydrogen-bond acceptors (Lipinski definition) is 5. The Hall–Kier alpha value is -3.52. The largest absolute Gasteiger partial charge is 0.464 e. The summed E-state index contributed by atoms with van der Waals surface area (Å²) in [6.07, 6.45) is 1.38. The van der Waals surface area contributed by atoms with Gasteiger partial charge in [-0.1, -0.05) is 35.9 Å². The van der Waals surface area contributed by atoms with Crippen molar-refractivity contribution in [3.63, 3.8) is 0 Å². The Labute approximate surface area is 172 Å². The number of methoxy groups -OCH3 is 1. The first-order valence-corrected chi connectivity index (χ1v) is 10.4. The van der Waals surface area contributed by atoms with E-state index in [2.05, 4.69) is 4.98 Å². The Balaban J connectivity index is 1.97. The molecule has 0 radical (unpaired) electrons. The summed E-state index contributed by atoms with van der Waals surface area (Å²) in [6.45, 7) is 1.84. The molecule has 8 heteroatoms. The average Bonchev–Trinajstić information content (AvgIpc) is 3.13. The number of pyridine rings is 1. The minimum atomic E-state index is -4.13. The summed E-state index contributed by atoms with van der Waals surface area (Å²) in [6, 6.07) is 15.4. The Kier molecular flexibility index (Phi) is 4.87. The van der Waals surface area contributed by atoms with Crippen molar-refractivity contribution >= 4 is 27.0 Å². The number of carbonyl (C=O) groups excluding carboxylic acids is 1. The van der Waals surface area contributed by atoms with Gasteiger partial charge >= 0.3 is 5.97 Å². The van der Waals surface area contributed by atoms with E-state index < -0.39 is 21.8 Å². The fourth-order valence-electron chi connectivity index (χ4n) is 3.22. The summed E-state index contributed by atoms with van der Waals surface area (Å²) in [5.74, 6) is -1.25. The maximum Gasteiger partial charge on any atom is 0.355 e. The summed E-state index contributed by atoms with van der Waals surface area (Å²) in [5.41, 5.74) is 1.54. The third-order valence-corrected chi connectivity index (χ3v) is 6.46. The standard InChI is InChI=1S/C22H17FN2O4S/c1-14-7-9-17(10-8-14)30(27,28)25-20(22(26)29-2)12-15-11-16(13-24-21(15)25)18-5-3-4-6-19(18)23/h3-13H,1-2H3. The van der Waals surface area contributed by atoms with E-state index in [0.717, 1.165) is 9.54 Å². The summed E-state index contributed by atoms with van der Waals surface area (Å²) >= 11 is 0. The number of halogens is 1. The molecule has 0 amide bonds. The van der Waals surface area contributed by atoms with Crippen LogP contribution in [0.1, 0.15) is 16.1 Å². The number of esters is 1. The van der Waals surface area contributed by atoms with Crippen molar-refractivity contribution in [1.29, 1.82) is 0 Å². The highest BCUT2D eigenvalue weighted by Crippen LogP contribution is 2.29. The van der Waals surface area contributed by atoms with Gasteiger partial charge in [0.1, 0.15) is 11.5 Å². The van der Waals surface area contributed by atoms with Gasteiger partial charge in [-0.05, 0) is 37.3 Å². The number of fused-ring (bicyclic) bond motifs is 1. The van der Waals surface area contributed by atoms with Gasteiger partial charge in [0, 0.05) is 22.7 Å². The molecular formula is C22H17FN2O4S. The van der Waals surface area contributed by atoms with Crippen LogP contribution in [-0.2, 0) is 14.8 Å². The zero-order valence-corrected chi connectivity index (χ0v) is 17.0. The van der Waals surface area contributed by atoms with Gasteiger partial charge < -0.3 is 4.74 Å². The maximum atomic E-state index is 14.2. The lowest BCUT2D eigenvalue weighted by Crippen LogP contribution is -2.19. The van der Waals surface area contributed by atoms with E-state index >= 15 is 0 Å². The van der Waals surface area contributed by atoms with Gasteiger partial charge in [-0.25, -0.2) is 26.6 Å². The fourth-order valence-corrected chi connectivity index (χ4v) is 4.68. The van der Waals surface area contributed by atoms with Crippen LogP contribution in [0.15, 0.2) is 71.8 Å². The van der Waals surface area contributed by atoms with E-state index in [4.69, 9.17) is 4.74 Å². The van der Waals surface area contributed by atoms with E-state index in [0.29, 0.717) is 16.5 Å². The first-order valence-electron chi connectivity index (χ1n) is 9.00. The van der Waals surface area contributed by atoms with Crippen LogP contribution in [-0.4, -0.2) is 30.5 Å². The molecule has 2 aromatic heterocycles. The van der Waals surface area contributed by atoms with E-state index in [1.165, 1.54) is 37.6 Å². The molecule has 30 heavy (non-hydrogen) atoms. The normalized spacial score (nSPS) is 11.6. The van der Waals surface area contributed by atoms with Gasteiger partial charge in [0.05, 0.1) is 12.0 Å². The predicted octanol–water partition coefficient (Wildman–Crippen LogP) is 4.17. The van der Waals surface area contributed by atoms with Crippen molar-refractivity contribution in [2.45, 2.75) is 11.8 Å². The number of rotatable bonds is 4. The highest BCUT2D eigenvalue weighted by atomic mass is 32.2. The topological polar surface area (TPSA) is 78.3 Å². The molecule has 0 aliphatic carbocycles. The number of ether oxygens (including phenoxy) is 1. The van der Waals surface area contributed by atoms with Crippen LogP contribution in [0.2, 0.25) is 0 Å². The van der Waals surface area contributed by atoms with Crippen LogP contribution in [0.25, 0.3) is 22.2 Å². The van der Waals surface area contributed by atoms with E-state index in [9.17, 15) is 17.6 Å². The van der Waals surface area contributed by atoms with Crippen molar-refractivity contribution in [2.24, 2.45) is 0 Å². The molecule has 0 atom stereocenters. The van der Waals surface area contributed by atoms with Gasteiger partial charge in [0.2, 0.25) is 0 Å². The monoisotopic (exact) mass is 424 g/mol. The zero-order chi connectivity index (χ0) is 21.5. The minimum Gasteiger partial charge on any atom is -0.464 e. The molecule has 0 unspecified atom stereocenters. The molecule has 6 nitrogen and oxygen atoms in total. The van der Waals surface area contributed by atoms with Crippen LogP contribution in [0.4, 0.5) is 4.39 Å². The molecule has 0 aliphatic rings. The number of carbonyl (C=O) groups is 1. The number of aryl methyl sites for hydroxylation is 1. The first kappa shape index (κ1) is 19.8. The van der Waals surface area contributed by atoms with Crippen LogP contribution in [0.5, 0.6) is 0 Å². The number of benzene rings is 2. The number of hydrogen-bond donors (Lipinski definition) is 0. The molecule has 2 heterocycles. The highest BCUT2D eigenvalue weighted by Gasteiger charge is 2.28. The summed E-state index contributed by atoms with van der Waals surface area (Å²) in [7, 11) is -2.96. The average molecular weight is 424 g/mol. The Morgan fingerprint density at radius 3 is 2.43 bits per heavy atom. The Morgan fingerprint density at radius 2 is 1.77 bits per heavy atom. The van der Waals surface area contributed by atoms with E-state index in [-0.39, 0.29) is 16.2 Å². The third kappa shape index (κ3) is 3.25. The van der Waals surface area contributed by atoms with Crippen molar-refractivity contribution in [2.75, 3.05) is 7.11 Å². The second-order valence-corrected chi connectivity index (χ2v) is 8.51. The lowest BCUT2D eigenvalue weighted by Gasteiger charge is -2.11.